The number of imidazole rings is 1. The van der Waals surface area contributed by atoms with Crippen molar-refractivity contribution >= 4 is 39.9 Å². The quantitative estimate of drug-likeness (QED) is 0.346. The number of halogens is 1. The summed E-state index contributed by atoms with van der Waals surface area (Å²) in [5, 5.41) is 19.7. The zero-order chi connectivity index (χ0) is 28.1. The lowest BCUT2D eigenvalue weighted by molar-refractivity contribution is 0.128. The minimum absolute atomic E-state index is 0.00913. The van der Waals surface area contributed by atoms with Gasteiger partial charge in [0.05, 0.1) is 17.7 Å². The normalized spacial score (nSPS) is 17.7. The van der Waals surface area contributed by atoms with Gasteiger partial charge in [-0.3, -0.25) is 4.90 Å². The molecule has 2 aromatic carbocycles. The average Bonchev–Trinajstić information content (AvgIpc) is 3.32. The van der Waals surface area contributed by atoms with Crippen LogP contribution in [0, 0.1) is 23.7 Å². The van der Waals surface area contributed by atoms with Crippen LogP contribution in [0.3, 0.4) is 0 Å². The molecular formula is C31H30BrN7O. The first-order valence-corrected chi connectivity index (χ1v) is 13.9. The van der Waals surface area contributed by atoms with Gasteiger partial charge in [-0.05, 0) is 81.5 Å². The fraction of sp³-hybridized carbons (Fsp3) is 0.226. The van der Waals surface area contributed by atoms with Crippen LogP contribution < -0.4 is 5.32 Å². The predicted molar refractivity (Wildman–Crippen MR) is 161 cm³/mol. The molecule has 1 fully saturated rings. The van der Waals surface area contributed by atoms with Gasteiger partial charge in [-0.1, -0.05) is 30.3 Å². The largest absolute Gasteiger partial charge is 0.331 e. The number of carbonyl (C=O) groups is 1. The van der Waals surface area contributed by atoms with E-state index in [1.54, 1.807) is 24.3 Å². The smallest absolute Gasteiger partial charge is 0.321 e. The van der Waals surface area contributed by atoms with Crippen LogP contribution in [0.25, 0.3) is 6.08 Å². The van der Waals surface area contributed by atoms with Crippen molar-refractivity contribution in [2.24, 2.45) is 0 Å². The van der Waals surface area contributed by atoms with Crippen LogP contribution in [0.5, 0.6) is 0 Å². The summed E-state index contributed by atoms with van der Waals surface area (Å²) in [6.45, 7) is 5.29. The van der Waals surface area contributed by atoms with Gasteiger partial charge in [0.15, 0.2) is 0 Å². The van der Waals surface area contributed by atoms with Crippen molar-refractivity contribution in [3.63, 3.8) is 0 Å². The number of urea groups is 1. The number of nitrogens with one attached hydrogen (secondary N) is 2. The molecule has 8 nitrogen and oxygen atoms in total. The Labute approximate surface area is 242 Å². The highest BCUT2D eigenvalue weighted by Crippen LogP contribution is 2.35. The number of anilines is 1. The Kier molecular flexibility index (Phi) is 8.39. The molecule has 0 saturated carbocycles. The van der Waals surface area contributed by atoms with E-state index in [0.717, 1.165) is 35.6 Å². The summed E-state index contributed by atoms with van der Waals surface area (Å²) in [7, 11) is 0. The summed E-state index contributed by atoms with van der Waals surface area (Å²) >= 11 is 3.52. The number of nitrogens with zero attached hydrogens (tertiary/aromatic N) is 5. The fourth-order valence-electron chi connectivity index (χ4n) is 5.11. The molecule has 40 heavy (non-hydrogen) atoms. The number of hydrogen-bond donors (Lipinski definition) is 2. The van der Waals surface area contributed by atoms with E-state index in [9.17, 15) is 4.79 Å². The summed E-state index contributed by atoms with van der Waals surface area (Å²) in [4.78, 5) is 21.6. The van der Waals surface area contributed by atoms with Gasteiger partial charge in [0.25, 0.3) is 0 Å². The minimum atomic E-state index is -0.139. The van der Waals surface area contributed by atoms with Gasteiger partial charge in [0, 0.05) is 61.5 Å². The van der Waals surface area contributed by atoms with E-state index >= 15 is 0 Å². The van der Waals surface area contributed by atoms with Gasteiger partial charge in [-0.2, -0.15) is 5.26 Å². The summed E-state index contributed by atoms with van der Waals surface area (Å²) in [5.41, 5.74) is 5.79. The number of nitriles is 1. The van der Waals surface area contributed by atoms with Crippen molar-refractivity contribution in [1.29, 1.82) is 10.7 Å². The summed E-state index contributed by atoms with van der Waals surface area (Å²) < 4.78 is 2.82. The molecule has 5 rings (SSSR count). The number of fused-ring (bicyclic) bond motifs is 1. The molecule has 2 amide bonds. The van der Waals surface area contributed by atoms with Gasteiger partial charge >= 0.3 is 6.03 Å². The van der Waals surface area contributed by atoms with Crippen molar-refractivity contribution in [2.75, 3.05) is 31.5 Å². The summed E-state index contributed by atoms with van der Waals surface area (Å²) in [5.74, 6) is 0.944. The van der Waals surface area contributed by atoms with Gasteiger partial charge < -0.3 is 20.2 Å². The van der Waals surface area contributed by atoms with Crippen LogP contribution in [0.4, 0.5) is 10.5 Å². The van der Waals surface area contributed by atoms with E-state index in [2.05, 4.69) is 78.2 Å². The maximum atomic E-state index is 13.0. The zero-order valence-electron chi connectivity index (χ0n) is 22.2. The van der Waals surface area contributed by atoms with E-state index in [0.29, 0.717) is 35.4 Å². The highest BCUT2D eigenvalue weighted by molar-refractivity contribution is 9.12. The number of piperazine rings is 1. The number of allylic oxidation sites excluding steroid dienone is 4. The van der Waals surface area contributed by atoms with Crippen LogP contribution in [0.15, 0.2) is 88.7 Å². The number of amides is 2. The van der Waals surface area contributed by atoms with Crippen LogP contribution in [0.2, 0.25) is 0 Å². The van der Waals surface area contributed by atoms with E-state index in [4.69, 9.17) is 10.7 Å². The highest BCUT2D eigenvalue weighted by Gasteiger charge is 2.29. The second kappa shape index (κ2) is 12.3. The van der Waals surface area contributed by atoms with Crippen LogP contribution >= 0.6 is 15.9 Å². The van der Waals surface area contributed by atoms with Crippen LogP contribution in [0.1, 0.15) is 28.6 Å². The molecule has 1 aliphatic carbocycles. The zero-order valence-corrected chi connectivity index (χ0v) is 23.8. The summed E-state index contributed by atoms with van der Waals surface area (Å²) in [6, 6.07) is 17.3. The Bertz CT molecular complexity index is 1540. The maximum Gasteiger partial charge on any atom is 0.321 e. The van der Waals surface area contributed by atoms with Crippen molar-refractivity contribution in [3.8, 4) is 6.07 Å². The van der Waals surface area contributed by atoms with Gasteiger partial charge in [0.2, 0.25) is 0 Å². The number of aromatic nitrogens is 2. The van der Waals surface area contributed by atoms with Gasteiger partial charge in [-0.15, -0.1) is 0 Å². The molecular weight excluding hydrogens is 566 g/mol. The second-order valence-corrected chi connectivity index (χ2v) is 10.7. The fourth-order valence-corrected chi connectivity index (χ4v) is 5.35. The van der Waals surface area contributed by atoms with E-state index < -0.39 is 0 Å². The SMILES string of the molecule is Cc1nccn1CC1=Cc2ccccc2C(N2CCN(C(=O)Nc3ccc(C#N)cc3)CC2)C=C1/C=C(/Br)C=N. The number of aryl methyl sites for hydroxylation is 1. The third kappa shape index (κ3) is 6.14. The standard InChI is InChI=1S/C31H30BrN7O/c1-22-35-10-11-39(22)21-26-16-24-4-2-3-5-29(24)30(18-25(26)17-27(32)20-34)37-12-14-38(15-13-37)31(40)36-28-8-6-23(19-33)7-9-28/h2-11,16-18,20,30,34H,12-15,21H2,1H3,(H,36,40)/b27-17+,34-20?. The topological polar surface area (TPSA) is 101 Å². The Morgan fingerprint density at radius 1 is 1.18 bits per heavy atom. The van der Waals surface area contributed by atoms with Crippen LogP contribution in [-0.2, 0) is 6.54 Å². The van der Waals surface area contributed by atoms with Crippen molar-refractivity contribution in [1.82, 2.24) is 19.4 Å². The molecule has 2 N–H and O–H groups in total. The van der Waals surface area contributed by atoms with E-state index in [1.807, 2.05) is 30.3 Å². The highest BCUT2D eigenvalue weighted by atomic mass is 79.9. The molecule has 9 heteroatoms. The number of carbonyl (C=O) groups excluding carboxylic acids is 1. The molecule has 202 valence electrons. The Morgan fingerprint density at radius 2 is 1.93 bits per heavy atom. The number of rotatable bonds is 6. The van der Waals surface area contributed by atoms with Crippen LogP contribution in [-0.4, -0.2) is 57.8 Å². The van der Waals surface area contributed by atoms with Crippen molar-refractivity contribution in [2.45, 2.75) is 19.5 Å². The first kappa shape index (κ1) is 27.3. The Hall–Kier alpha value is -4.26. The molecule has 1 aromatic heterocycles. The molecule has 1 saturated heterocycles. The maximum absolute atomic E-state index is 13.0. The number of benzene rings is 2. The average molecular weight is 597 g/mol. The molecule has 1 atom stereocenters. The third-order valence-electron chi connectivity index (χ3n) is 7.31. The van der Waals surface area contributed by atoms with E-state index in [-0.39, 0.29) is 12.1 Å². The molecule has 1 unspecified atom stereocenters. The Morgan fingerprint density at radius 3 is 2.60 bits per heavy atom. The molecule has 3 aromatic rings. The minimum Gasteiger partial charge on any atom is -0.331 e. The van der Waals surface area contributed by atoms with E-state index in [1.165, 1.54) is 11.8 Å². The first-order chi connectivity index (χ1) is 19.4. The molecule has 0 spiro atoms. The predicted octanol–water partition coefficient (Wildman–Crippen LogP) is 5.91. The lowest BCUT2D eigenvalue weighted by atomic mass is 9.98. The van der Waals surface area contributed by atoms with Gasteiger partial charge in [-0.25, -0.2) is 9.78 Å². The van der Waals surface area contributed by atoms with Crippen molar-refractivity contribution in [3.05, 3.63) is 111 Å². The second-order valence-electron chi connectivity index (χ2n) is 9.78. The Balaban J connectivity index is 1.39. The van der Waals surface area contributed by atoms with Gasteiger partial charge in [0.1, 0.15) is 5.82 Å². The van der Waals surface area contributed by atoms with Crippen molar-refractivity contribution < 1.29 is 4.79 Å². The number of hydrogen-bond acceptors (Lipinski definition) is 5. The molecule has 2 aliphatic rings. The molecule has 0 radical (unpaired) electrons. The lowest BCUT2D eigenvalue weighted by Gasteiger charge is -2.38. The summed E-state index contributed by atoms with van der Waals surface area (Å²) in [6.07, 6.45) is 11.6. The third-order valence-corrected chi connectivity index (χ3v) is 7.77. The monoisotopic (exact) mass is 595 g/mol. The first-order valence-electron chi connectivity index (χ1n) is 13.1. The molecule has 0 bridgehead atoms. The molecule has 2 heterocycles. The molecule has 1 aliphatic heterocycles. The lowest BCUT2D eigenvalue weighted by Crippen LogP contribution is -2.50.